The maximum Gasteiger partial charge on any atom is 0.129 e. The van der Waals surface area contributed by atoms with Crippen molar-refractivity contribution in [3.8, 4) is 0 Å². The molecule has 1 unspecified atom stereocenters. The lowest BCUT2D eigenvalue weighted by molar-refractivity contribution is -0.174. The van der Waals surface area contributed by atoms with Crippen LogP contribution < -0.4 is 0 Å². The summed E-state index contributed by atoms with van der Waals surface area (Å²) in [4.78, 5) is 11.5. The monoisotopic (exact) mass is 390 g/mol. The van der Waals surface area contributed by atoms with Gasteiger partial charge in [-0.3, -0.25) is 0 Å². The van der Waals surface area contributed by atoms with Crippen LogP contribution in [0, 0.1) is 46.3 Å². The molecule has 0 saturated heterocycles. The van der Waals surface area contributed by atoms with Crippen molar-refractivity contribution >= 4 is 5.78 Å². The zero-order valence-electron chi connectivity index (χ0n) is 18.5. The lowest BCUT2D eigenvalue weighted by Gasteiger charge is -2.62. The first kappa shape index (κ1) is 20.8. The topological polar surface area (TPSA) is 57.5 Å². The number of Topliss-reactive ketones (excluding diaryl/α,β-unsaturated/α-hetero) is 1. The number of ketones is 1. The molecular weight excluding hydrogens is 348 g/mol. The summed E-state index contributed by atoms with van der Waals surface area (Å²) in [6, 6.07) is 0. The summed E-state index contributed by atoms with van der Waals surface area (Å²) in [6.07, 6.45) is 10.3. The Bertz CT molecular complexity index is 603. The van der Waals surface area contributed by atoms with Crippen molar-refractivity contribution < 1.29 is 15.0 Å². The molecule has 0 amide bonds. The highest BCUT2D eigenvalue weighted by molar-refractivity contribution is 5.75. The second-order valence-corrected chi connectivity index (χ2v) is 11.7. The van der Waals surface area contributed by atoms with Crippen LogP contribution in [0.4, 0.5) is 0 Å². The second-order valence-electron chi connectivity index (χ2n) is 11.7. The van der Waals surface area contributed by atoms with Gasteiger partial charge in [-0.15, -0.1) is 0 Å². The maximum atomic E-state index is 11.5. The minimum atomic E-state index is -0.190. The fourth-order valence-electron chi connectivity index (χ4n) is 8.81. The van der Waals surface area contributed by atoms with E-state index < -0.39 is 0 Å². The van der Waals surface area contributed by atoms with Gasteiger partial charge < -0.3 is 15.0 Å². The molecule has 0 spiro atoms. The third-order valence-electron chi connectivity index (χ3n) is 10.4. The van der Waals surface area contributed by atoms with Crippen LogP contribution in [0.2, 0.25) is 0 Å². The van der Waals surface area contributed by atoms with Gasteiger partial charge in [-0.25, -0.2) is 0 Å². The van der Waals surface area contributed by atoms with Crippen LogP contribution in [0.1, 0.15) is 91.9 Å². The number of hydrogen-bond acceptors (Lipinski definition) is 3. The van der Waals surface area contributed by atoms with Crippen LogP contribution in [0.15, 0.2) is 0 Å². The highest BCUT2D eigenvalue weighted by Gasteiger charge is 2.62. The van der Waals surface area contributed by atoms with E-state index in [0.29, 0.717) is 52.1 Å². The van der Waals surface area contributed by atoms with Crippen LogP contribution >= 0.6 is 0 Å². The van der Waals surface area contributed by atoms with E-state index in [9.17, 15) is 15.0 Å². The van der Waals surface area contributed by atoms with Gasteiger partial charge in [-0.1, -0.05) is 20.8 Å². The first-order valence-corrected chi connectivity index (χ1v) is 12.0. The van der Waals surface area contributed by atoms with Gasteiger partial charge in [0.05, 0.1) is 12.2 Å². The van der Waals surface area contributed by atoms with Crippen LogP contribution in [0.5, 0.6) is 0 Å². The zero-order chi connectivity index (χ0) is 20.3. The van der Waals surface area contributed by atoms with Crippen molar-refractivity contribution in [2.24, 2.45) is 46.3 Å². The molecule has 0 heterocycles. The van der Waals surface area contributed by atoms with Gasteiger partial charge in [-0.2, -0.15) is 0 Å². The normalized spacial score (nSPS) is 51.7. The molecule has 4 fully saturated rings. The lowest BCUT2D eigenvalue weighted by atomic mass is 9.43. The summed E-state index contributed by atoms with van der Waals surface area (Å²) in [6.45, 7) is 9.08. The van der Waals surface area contributed by atoms with Gasteiger partial charge in [0.25, 0.3) is 0 Å². The average molecular weight is 391 g/mol. The van der Waals surface area contributed by atoms with E-state index in [1.54, 1.807) is 6.92 Å². The number of carbonyl (C=O) groups excluding carboxylic acids is 1. The van der Waals surface area contributed by atoms with E-state index in [-0.39, 0.29) is 12.2 Å². The number of fused-ring (bicyclic) bond motifs is 5. The van der Waals surface area contributed by atoms with Crippen LogP contribution in [0.3, 0.4) is 0 Å². The first-order chi connectivity index (χ1) is 13.2. The van der Waals surface area contributed by atoms with E-state index in [1.165, 1.54) is 25.7 Å². The molecule has 0 bridgehead atoms. The molecule has 3 nitrogen and oxygen atoms in total. The Balaban J connectivity index is 1.55. The SMILES string of the molecule is CC(=O)CC[C@@H](C)[C@H]1CC[C@H]2[C@H]3C(CC[C@]12C)[C@@]1(C)CC[C@@H](O)C[C@H]1C[C@@H]3O. The number of hydrogen-bond donors (Lipinski definition) is 2. The summed E-state index contributed by atoms with van der Waals surface area (Å²) >= 11 is 0. The van der Waals surface area contributed by atoms with Crippen molar-refractivity contribution in [2.75, 3.05) is 0 Å². The Kier molecular flexibility index (Phi) is 5.49. The molecule has 10 atom stereocenters. The Hall–Kier alpha value is -0.410. The van der Waals surface area contributed by atoms with Crippen molar-refractivity contribution in [1.82, 2.24) is 0 Å². The zero-order valence-corrected chi connectivity index (χ0v) is 18.5. The Morgan fingerprint density at radius 2 is 1.68 bits per heavy atom. The minimum absolute atomic E-state index is 0.159. The molecule has 4 saturated carbocycles. The Morgan fingerprint density at radius 3 is 2.39 bits per heavy atom. The number of aliphatic hydroxyl groups excluding tert-OH is 2. The third-order valence-corrected chi connectivity index (χ3v) is 10.4. The molecule has 0 aliphatic heterocycles. The third kappa shape index (κ3) is 3.20. The van der Waals surface area contributed by atoms with Gasteiger partial charge in [0.15, 0.2) is 0 Å². The van der Waals surface area contributed by atoms with Gasteiger partial charge in [0, 0.05) is 6.42 Å². The number of rotatable bonds is 4. The van der Waals surface area contributed by atoms with E-state index >= 15 is 0 Å². The smallest absolute Gasteiger partial charge is 0.129 e. The largest absolute Gasteiger partial charge is 0.393 e. The summed E-state index contributed by atoms with van der Waals surface area (Å²) in [7, 11) is 0. The summed E-state index contributed by atoms with van der Waals surface area (Å²) < 4.78 is 0. The lowest BCUT2D eigenvalue weighted by Crippen LogP contribution is -2.58. The van der Waals surface area contributed by atoms with E-state index in [4.69, 9.17) is 0 Å². The molecule has 0 radical (unpaired) electrons. The molecule has 4 aliphatic rings. The Labute approximate surface area is 171 Å². The fraction of sp³-hybridized carbons (Fsp3) is 0.960. The average Bonchev–Trinajstić information content (AvgIpc) is 2.98. The van der Waals surface area contributed by atoms with Gasteiger partial charge in [0.2, 0.25) is 0 Å². The molecule has 0 aromatic carbocycles. The Morgan fingerprint density at radius 1 is 1.00 bits per heavy atom. The molecular formula is C25H42O3. The van der Waals surface area contributed by atoms with Gasteiger partial charge in [-0.05, 0) is 111 Å². The van der Waals surface area contributed by atoms with Crippen LogP contribution in [0.25, 0.3) is 0 Å². The molecule has 4 rings (SSSR count). The van der Waals surface area contributed by atoms with Crippen molar-refractivity contribution in [3.63, 3.8) is 0 Å². The summed E-state index contributed by atoms with van der Waals surface area (Å²) in [5.41, 5.74) is 0.637. The van der Waals surface area contributed by atoms with Crippen molar-refractivity contribution in [1.29, 1.82) is 0 Å². The fourth-order valence-corrected chi connectivity index (χ4v) is 8.81. The number of aliphatic hydroxyl groups is 2. The molecule has 28 heavy (non-hydrogen) atoms. The van der Waals surface area contributed by atoms with Crippen LogP contribution in [-0.2, 0) is 4.79 Å². The standard InChI is InChI=1S/C25H42O3/c1-15(5-6-16(2)26)19-7-8-20-23-21(10-12-25(19,20)4)24(3)11-9-18(27)13-17(24)14-22(23)28/h15,17-23,27-28H,5-14H2,1-4H3/t15-,17+,18-,19-,20+,21?,22+,23+,24+,25-/m1/s1. The predicted molar refractivity (Wildman–Crippen MR) is 112 cm³/mol. The van der Waals surface area contributed by atoms with Crippen molar-refractivity contribution in [3.05, 3.63) is 0 Å². The first-order valence-electron chi connectivity index (χ1n) is 12.0. The molecule has 0 aromatic heterocycles. The summed E-state index contributed by atoms with van der Waals surface area (Å²) in [5.74, 6) is 3.81. The summed E-state index contributed by atoms with van der Waals surface area (Å²) in [5, 5.41) is 21.5. The van der Waals surface area contributed by atoms with E-state index in [2.05, 4.69) is 20.8 Å². The predicted octanol–water partition coefficient (Wildman–Crippen LogP) is 4.98. The molecule has 160 valence electrons. The number of carbonyl (C=O) groups is 1. The van der Waals surface area contributed by atoms with Crippen molar-refractivity contribution in [2.45, 2.75) is 104 Å². The van der Waals surface area contributed by atoms with Gasteiger partial charge >= 0.3 is 0 Å². The second kappa shape index (κ2) is 7.38. The molecule has 0 aromatic rings. The molecule has 4 aliphatic carbocycles. The van der Waals surface area contributed by atoms with E-state index in [0.717, 1.165) is 38.5 Å². The quantitative estimate of drug-likeness (QED) is 0.711. The molecule has 3 heteroatoms. The highest BCUT2D eigenvalue weighted by Crippen LogP contribution is 2.68. The molecule has 2 N–H and O–H groups in total. The van der Waals surface area contributed by atoms with Gasteiger partial charge in [0.1, 0.15) is 5.78 Å². The van der Waals surface area contributed by atoms with Crippen LogP contribution in [-0.4, -0.2) is 28.2 Å². The van der Waals surface area contributed by atoms with E-state index in [1.807, 2.05) is 0 Å². The minimum Gasteiger partial charge on any atom is -0.393 e. The highest BCUT2D eigenvalue weighted by atomic mass is 16.3. The maximum absolute atomic E-state index is 11.5.